The first-order valence-corrected chi connectivity index (χ1v) is 4.48. The van der Waals surface area contributed by atoms with Crippen LogP contribution in [0.1, 0.15) is 0 Å². The monoisotopic (exact) mass is 206 g/mol. The molecule has 0 saturated heterocycles. The molecule has 0 aliphatic heterocycles. The van der Waals surface area contributed by atoms with Crippen LogP contribution < -0.4 is 5.63 Å². The number of hydrogen-bond donors (Lipinski definition) is 0. The van der Waals surface area contributed by atoms with Gasteiger partial charge >= 0.3 is 5.63 Å². The average molecular weight is 207 g/mol. The summed E-state index contributed by atoms with van der Waals surface area (Å²) in [6, 6.07) is 10.4. The molecule has 0 aliphatic carbocycles. The molecule has 2 rings (SSSR count). The summed E-state index contributed by atoms with van der Waals surface area (Å²) in [6.07, 6.45) is 1.44. The van der Waals surface area contributed by atoms with Gasteiger partial charge in [0.1, 0.15) is 6.26 Å². The van der Waals surface area contributed by atoms with Crippen molar-refractivity contribution in [3.8, 4) is 11.1 Å². The van der Waals surface area contributed by atoms with Crippen LogP contribution in [0.25, 0.3) is 11.1 Å². The summed E-state index contributed by atoms with van der Waals surface area (Å²) in [6.45, 7) is 0. The van der Waals surface area contributed by atoms with Gasteiger partial charge in [0.05, 0.1) is 0 Å². The average Bonchev–Trinajstić information content (AvgIpc) is 2.21. The van der Waals surface area contributed by atoms with Crippen LogP contribution >= 0.6 is 11.6 Å². The van der Waals surface area contributed by atoms with E-state index in [1.54, 1.807) is 18.2 Å². The van der Waals surface area contributed by atoms with Crippen molar-refractivity contribution in [2.24, 2.45) is 0 Å². The van der Waals surface area contributed by atoms with Crippen LogP contribution in [0.3, 0.4) is 0 Å². The van der Waals surface area contributed by atoms with E-state index in [9.17, 15) is 4.79 Å². The highest BCUT2D eigenvalue weighted by Gasteiger charge is 1.97. The molecule has 0 atom stereocenters. The molecule has 0 spiro atoms. The van der Waals surface area contributed by atoms with Crippen molar-refractivity contribution >= 4 is 11.6 Å². The van der Waals surface area contributed by atoms with Gasteiger partial charge in [-0.15, -0.1) is 0 Å². The van der Waals surface area contributed by atoms with Gasteiger partial charge in [-0.25, -0.2) is 4.79 Å². The third kappa shape index (κ3) is 1.86. The smallest absolute Gasteiger partial charge is 0.335 e. The maximum absolute atomic E-state index is 10.7. The minimum absolute atomic E-state index is 0.345. The van der Waals surface area contributed by atoms with Gasteiger partial charge in [-0.1, -0.05) is 23.7 Å². The first kappa shape index (κ1) is 9.03. The molecule has 0 radical (unpaired) electrons. The van der Waals surface area contributed by atoms with Crippen molar-refractivity contribution < 1.29 is 4.42 Å². The standard InChI is InChI=1S/C11H7ClO2/c12-10-4-1-8(2-5-10)9-3-6-11(13)14-7-9/h1-7H. The Morgan fingerprint density at radius 1 is 0.929 bits per heavy atom. The van der Waals surface area contributed by atoms with E-state index in [4.69, 9.17) is 16.0 Å². The van der Waals surface area contributed by atoms with Crippen molar-refractivity contribution in [1.82, 2.24) is 0 Å². The minimum Gasteiger partial charge on any atom is -0.431 e. The lowest BCUT2D eigenvalue weighted by Gasteiger charge is -1.98. The quantitative estimate of drug-likeness (QED) is 0.718. The summed E-state index contributed by atoms with van der Waals surface area (Å²) in [5, 5.41) is 0.686. The minimum atomic E-state index is -0.345. The first-order valence-electron chi connectivity index (χ1n) is 4.10. The second-order valence-corrected chi connectivity index (χ2v) is 3.29. The summed E-state index contributed by atoms with van der Waals surface area (Å²) in [7, 11) is 0. The zero-order valence-electron chi connectivity index (χ0n) is 7.24. The lowest BCUT2D eigenvalue weighted by Crippen LogP contribution is -1.93. The highest BCUT2D eigenvalue weighted by molar-refractivity contribution is 6.30. The van der Waals surface area contributed by atoms with Gasteiger partial charge in [-0.2, -0.15) is 0 Å². The summed E-state index contributed by atoms with van der Waals surface area (Å²) < 4.78 is 4.75. The van der Waals surface area contributed by atoms with Crippen LogP contribution in [0.5, 0.6) is 0 Å². The molecule has 0 aliphatic rings. The third-order valence-electron chi connectivity index (χ3n) is 1.88. The predicted molar refractivity (Wildman–Crippen MR) is 55.4 cm³/mol. The summed E-state index contributed by atoms with van der Waals surface area (Å²) >= 11 is 5.75. The fourth-order valence-corrected chi connectivity index (χ4v) is 1.29. The first-order chi connectivity index (χ1) is 6.75. The van der Waals surface area contributed by atoms with E-state index in [1.807, 2.05) is 12.1 Å². The normalized spacial score (nSPS) is 10.1. The number of hydrogen-bond acceptors (Lipinski definition) is 2. The van der Waals surface area contributed by atoms with E-state index >= 15 is 0 Å². The molecule has 0 bridgehead atoms. The van der Waals surface area contributed by atoms with Crippen LogP contribution in [0.15, 0.2) is 51.9 Å². The fraction of sp³-hybridized carbons (Fsp3) is 0. The Morgan fingerprint density at radius 3 is 2.14 bits per heavy atom. The fourth-order valence-electron chi connectivity index (χ4n) is 1.16. The van der Waals surface area contributed by atoms with Gasteiger partial charge in [0.25, 0.3) is 0 Å². The molecule has 2 nitrogen and oxygen atoms in total. The molecule has 0 N–H and O–H groups in total. The molecule has 1 aromatic carbocycles. The molecule has 0 saturated carbocycles. The van der Waals surface area contributed by atoms with Crippen molar-refractivity contribution in [1.29, 1.82) is 0 Å². The van der Waals surface area contributed by atoms with Gasteiger partial charge < -0.3 is 4.42 Å². The van der Waals surface area contributed by atoms with Gasteiger partial charge in [0, 0.05) is 16.7 Å². The van der Waals surface area contributed by atoms with E-state index in [1.165, 1.54) is 12.3 Å². The largest absolute Gasteiger partial charge is 0.431 e. The molecule has 0 amide bonds. The molecular weight excluding hydrogens is 200 g/mol. The molecule has 1 heterocycles. The van der Waals surface area contributed by atoms with Crippen LogP contribution in [0.2, 0.25) is 5.02 Å². The summed E-state index contributed by atoms with van der Waals surface area (Å²) in [4.78, 5) is 10.7. The summed E-state index contributed by atoms with van der Waals surface area (Å²) in [5.74, 6) is 0. The zero-order chi connectivity index (χ0) is 9.97. The Hall–Kier alpha value is -1.54. The van der Waals surface area contributed by atoms with E-state index in [0.717, 1.165) is 11.1 Å². The van der Waals surface area contributed by atoms with E-state index in [2.05, 4.69) is 0 Å². The van der Waals surface area contributed by atoms with Gasteiger partial charge in [0.2, 0.25) is 0 Å². The van der Waals surface area contributed by atoms with Crippen LogP contribution in [0, 0.1) is 0 Å². The Balaban J connectivity index is 2.44. The zero-order valence-corrected chi connectivity index (χ0v) is 7.99. The van der Waals surface area contributed by atoms with Gasteiger partial charge in [0.15, 0.2) is 0 Å². The molecule has 3 heteroatoms. The number of benzene rings is 1. The highest BCUT2D eigenvalue weighted by atomic mass is 35.5. The second kappa shape index (κ2) is 3.68. The lowest BCUT2D eigenvalue weighted by atomic mass is 10.1. The number of rotatable bonds is 1. The van der Waals surface area contributed by atoms with E-state index < -0.39 is 0 Å². The highest BCUT2D eigenvalue weighted by Crippen LogP contribution is 2.19. The molecule has 14 heavy (non-hydrogen) atoms. The van der Waals surface area contributed by atoms with Crippen LogP contribution in [-0.4, -0.2) is 0 Å². The SMILES string of the molecule is O=c1ccc(-c2ccc(Cl)cc2)co1. The molecule has 0 fully saturated rings. The van der Waals surface area contributed by atoms with Crippen molar-refractivity contribution in [3.63, 3.8) is 0 Å². The summed E-state index contributed by atoms with van der Waals surface area (Å²) in [5.41, 5.74) is 1.49. The molecule has 1 aromatic heterocycles. The third-order valence-corrected chi connectivity index (χ3v) is 2.13. The van der Waals surface area contributed by atoms with E-state index in [0.29, 0.717) is 5.02 Å². The van der Waals surface area contributed by atoms with Gasteiger partial charge in [-0.3, -0.25) is 0 Å². The van der Waals surface area contributed by atoms with Gasteiger partial charge in [-0.05, 0) is 23.8 Å². The Bertz CT molecular complexity index is 465. The Kier molecular flexibility index (Phi) is 2.37. The lowest BCUT2D eigenvalue weighted by molar-refractivity contribution is 0.512. The molecule has 70 valence electrons. The maximum atomic E-state index is 10.7. The molecule has 0 unspecified atom stereocenters. The Morgan fingerprint density at radius 2 is 1.57 bits per heavy atom. The van der Waals surface area contributed by atoms with Crippen LogP contribution in [-0.2, 0) is 0 Å². The van der Waals surface area contributed by atoms with Crippen molar-refractivity contribution in [2.45, 2.75) is 0 Å². The number of halogens is 1. The predicted octanol–water partition coefficient (Wildman–Crippen LogP) is 2.96. The topological polar surface area (TPSA) is 30.2 Å². The van der Waals surface area contributed by atoms with Crippen molar-refractivity contribution in [2.75, 3.05) is 0 Å². The molecular formula is C11H7ClO2. The van der Waals surface area contributed by atoms with Crippen molar-refractivity contribution in [3.05, 3.63) is 58.1 Å². The van der Waals surface area contributed by atoms with E-state index in [-0.39, 0.29) is 5.63 Å². The van der Waals surface area contributed by atoms with Crippen LogP contribution in [0.4, 0.5) is 0 Å². The Labute approximate surface area is 85.8 Å². The second-order valence-electron chi connectivity index (χ2n) is 2.85. The molecule has 2 aromatic rings. The maximum Gasteiger partial charge on any atom is 0.335 e.